The number of urea groups is 1. The smallest absolute Gasteiger partial charge is 0.319 e. The summed E-state index contributed by atoms with van der Waals surface area (Å²) in [5.41, 5.74) is 1.21. The van der Waals surface area contributed by atoms with Crippen LogP contribution in [0.2, 0.25) is 0 Å². The highest BCUT2D eigenvalue weighted by atomic mass is 16.5. The molecule has 0 bridgehead atoms. The van der Waals surface area contributed by atoms with Gasteiger partial charge < -0.3 is 24.7 Å². The van der Waals surface area contributed by atoms with E-state index in [2.05, 4.69) is 20.8 Å². The summed E-state index contributed by atoms with van der Waals surface area (Å²) >= 11 is 0. The van der Waals surface area contributed by atoms with Crippen LogP contribution in [0.15, 0.2) is 22.6 Å². The molecule has 0 saturated heterocycles. The number of anilines is 2. The SMILES string of the molecule is CCc1nnc(CNC(=O)Nc2ccc3c(c2)O[C@H](C)C(=O)N3C)o1. The summed E-state index contributed by atoms with van der Waals surface area (Å²) in [6.07, 6.45) is 0.0795. The topological polar surface area (TPSA) is 110 Å². The molecule has 25 heavy (non-hydrogen) atoms. The Bertz CT molecular complexity index is 804. The molecule has 2 N–H and O–H groups in total. The summed E-state index contributed by atoms with van der Waals surface area (Å²) in [6.45, 7) is 3.72. The van der Waals surface area contributed by atoms with E-state index in [4.69, 9.17) is 9.15 Å². The van der Waals surface area contributed by atoms with E-state index in [1.165, 1.54) is 4.90 Å². The molecule has 0 spiro atoms. The van der Waals surface area contributed by atoms with Gasteiger partial charge >= 0.3 is 6.03 Å². The highest BCUT2D eigenvalue weighted by molar-refractivity contribution is 6.00. The zero-order valence-corrected chi connectivity index (χ0v) is 14.2. The minimum absolute atomic E-state index is 0.114. The van der Waals surface area contributed by atoms with E-state index in [0.717, 1.165) is 0 Å². The van der Waals surface area contributed by atoms with Gasteiger partial charge in [-0.3, -0.25) is 4.79 Å². The number of rotatable bonds is 4. The van der Waals surface area contributed by atoms with Crippen LogP contribution in [0.1, 0.15) is 25.6 Å². The lowest BCUT2D eigenvalue weighted by molar-refractivity contribution is -0.125. The predicted octanol–water partition coefficient (Wildman–Crippen LogP) is 1.70. The van der Waals surface area contributed by atoms with Crippen LogP contribution in [0.25, 0.3) is 0 Å². The largest absolute Gasteiger partial charge is 0.479 e. The molecule has 3 amide bonds. The number of hydrogen-bond acceptors (Lipinski definition) is 6. The van der Waals surface area contributed by atoms with Gasteiger partial charge in [0.05, 0.1) is 12.2 Å². The Kier molecular flexibility index (Phi) is 4.55. The van der Waals surface area contributed by atoms with Crippen molar-refractivity contribution in [2.75, 3.05) is 17.3 Å². The van der Waals surface area contributed by atoms with E-state index >= 15 is 0 Å². The molecule has 0 unspecified atom stereocenters. The van der Waals surface area contributed by atoms with Crippen molar-refractivity contribution in [1.82, 2.24) is 15.5 Å². The van der Waals surface area contributed by atoms with Crippen LogP contribution in [0.3, 0.4) is 0 Å². The minimum Gasteiger partial charge on any atom is -0.479 e. The van der Waals surface area contributed by atoms with E-state index in [-0.39, 0.29) is 12.5 Å². The molecule has 2 aromatic rings. The van der Waals surface area contributed by atoms with E-state index in [1.807, 2.05) is 6.92 Å². The molecule has 1 aliphatic rings. The molecule has 9 nitrogen and oxygen atoms in total. The number of hydrogen-bond donors (Lipinski definition) is 2. The van der Waals surface area contributed by atoms with Gasteiger partial charge in [0.1, 0.15) is 5.75 Å². The monoisotopic (exact) mass is 345 g/mol. The fraction of sp³-hybridized carbons (Fsp3) is 0.375. The Labute approximate surface area is 144 Å². The summed E-state index contributed by atoms with van der Waals surface area (Å²) < 4.78 is 10.9. The third-order valence-electron chi connectivity index (χ3n) is 3.77. The van der Waals surface area contributed by atoms with Crippen LogP contribution in [0, 0.1) is 0 Å². The maximum Gasteiger partial charge on any atom is 0.319 e. The van der Waals surface area contributed by atoms with Gasteiger partial charge in [-0.2, -0.15) is 0 Å². The number of amides is 3. The van der Waals surface area contributed by atoms with Gasteiger partial charge in [-0.05, 0) is 19.1 Å². The standard InChI is InChI=1S/C16H19N5O4/c1-4-13-19-20-14(25-13)8-17-16(23)18-10-5-6-11-12(7-10)24-9(2)15(22)21(11)3/h5-7,9H,4,8H2,1-3H3,(H2,17,18,23)/t9-/m1/s1. The first-order valence-electron chi connectivity index (χ1n) is 7.92. The van der Waals surface area contributed by atoms with Crippen molar-refractivity contribution in [3.8, 4) is 5.75 Å². The summed E-state index contributed by atoms with van der Waals surface area (Å²) in [4.78, 5) is 25.4. The molecule has 1 aromatic heterocycles. The molecule has 9 heteroatoms. The number of ether oxygens (including phenoxy) is 1. The van der Waals surface area contributed by atoms with Gasteiger partial charge in [-0.25, -0.2) is 4.79 Å². The zero-order valence-electron chi connectivity index (χ0n) is 14.2. The van der Waals surface area contributed by atoms with Gasteiger partial charge in [0.25, 0.3) is 5.91 Å². The summed E-state index contributed by atoms with van der Waals surface area (Å²) in [7, 11) is 1.69. The number of benzene rings is 1. The third-order valence-corrected chi connectivity index (χ3v) is 3.77. The summed E-state index contributed by atoms with van der Waals surface area (Å²) in [5.74, 6) is 1.29. The molecule has 0 radical (unpaired) electrons. The fourth-order valence-electron chi connectivity index (χ4n) is 2.43. The van der Waals surface area contributed by atoms with Crippen LogP contribution in [0.5, 0.6) is 5.75 Å². The number of aryl methyl sites for hydroxylation is 1. The van der Waals surface area contributed by atoms with Gasteiger partial charge in [0.15, 0.2) is 6.10 Å². The maximum absolute atomic E-state index is 12.0. The molecule has 0 saturated carbocycles. The Morgan fingerprint density at radius 1 is 1.32 bits per heavy atom. The lowest BCUT2D eigenvalue weighted by Gasteiger charge is -2.30. The Hall–Kier alpha value is -3.10. The molecular formula is C16H19N5O4. The number of aromatic nitrogens is 2. The zero-order chi connectivity index (χ0) is 18.0. The lowest BCUT2D eigenvalue weighted by Crippen LogP contribution is -2.42. The van der Waals surface area contributed by atoms with Crippen LogP contribution < -0.4 is 20.3 Å². The molecule has 0 aliphatic carbocycles. The third kappa shape index (κ3) is 3.54. The van der Waals surface area contributed by atoms with E-state index in [1.54, 1.807) is 32.2 Å². The van der Waals surface area contributed by atoms with E-state index in [9.17, 15) is 9.59 Å². The van der Waals surface area contributed by atoms with Gasteiger partial charge in [-0.1, -0.05) is 6.92 Å². The number of likely N-dealkylation sites (N-methyl/N-ethyl adjacent to an activating group) is 1. The normalized spacial score (nSPS) is 16.2. The predicted molar refractivity (Wildman–Crippen MR) is 89.5 cm³/mol. The summed E-state index contributed by atoms with van der Waals surface area (Å²) in [6, 6.07) is 4.68. The maximum atomic E-state index is 12.0. The van der Waals surface area contributed by atoms with Gasteiger partial charge in [-0.15, -0.1) is 10.2 Å². The molecular weight excluding hydrogens is 326 g/mol. The first-order chi connectivity index (χ1) is 12.0. The van der Waals surface area contributed by atoms with Crippen molar-refractivity contribution in [2.24, 2.45) is 0 Å². The Balaban J connectivity index is 1.62. The molecule has 1 aliphatic heterocycles. The van der Waals surface area contributed by atoms with E-state index < -0.39 is 12.1 Å². The first kappa shape index (κ1) is 16.7. The minimum atomic E-state index is -0.563. The summed E-state index contributed by atoms with van der Waals surface area (Å²) in [5, 5.41) is 13.0. The van der Waals surface area contributed by atoms with Gasteiger partial charge in [0.2, 0.25) is 11.8 Å². The molecule has 132 valence electrons. The van der Waals surface area contributed by atoms with E-state index in [0.29, 0.717) is 35.3 Å². The number of nitrogens with zero attached hydrogens (tertiary/aromatic N) is 3. The van der Waals surface area contributed by atoms with Crippen molar-refractivity contribution < 1.29 is 18.7 Å². The number of carbonyl (C=O) groups is 2. The van der Waals surface area contributed by atoms with Crippen LogP contribution in [-0.2, 0) is 17.8 Å². The molecule has 1 aromatic carbocycles. The van der Waals surface area contributed by atoms with Crippen LogP contribution in [0.4, 0.5) is 16.2 Å². The lowest BCUT2D eigenvalue weighted by atomic mass is 10.2. The van der Waals surface area contributed by atoms with Crippen LogP contribution in [-0.4, -0.2) is 35.3 Å². The second kappa shape index (κ2) is 6.80. The number of fused-ring (bicyclic) bond motifs is 1. The highest BCUT2D eigenvalue weighted by Gasteiger charge is 2.28. The average Bonchev–Trinajstić information content (AvgIpc) is 3.06. The Morgan fingerprint density at radius 2 is 2.08 bits per heavy atom. The average molecular weight is 345 g/mol. The van der Waals surface area contributed by atoms with Crippen molar-refractivity contribution in [3.63, 3.8) is 0 Å². The van der Waals surface area contributed by atoms with Gasteiger partial charge in [0, 0.05) is 25.2 Å². The van der Waals surface area contributed by atoms with Crippen molar-refractivity contribution >= 4 is 23.3 Å². The number of nitrogens with one attached hydrogen (secondary N) is 2. The molecule has 0 fully saturated rings. The molecule has 1 atom stereocenters. The number of carbonyl (C=O) groups excluding carboxylic acids is 2. The first-order valence-corrected chi connectivity index (χ1v) is 7.92. The van der Waals surface area contributed by atoms with Crippen molar-refractivity contribution in [2.45, 2.75) is 32.9 Å². The highest BCUT2D eigenvalue weighted by Crippen LogP contribution is 2.35. The molecule has 2 heterocycles. The second-order valence-electron chi connectivity index (χ2n) is 5.59. The van der Waals surface area contributed by atoms with Crippen molar-refractivity contribution in [1.29, 1.82) is 0 Å². The Morgan fingerprint density at radius 3 is 2.80 bits per heavy atom. The van der Waals surface area contributed by atoms with Crippen molar-refractivity contribution in [3.05, 3.63) is 30.0 Å². The fourth-order valence-corrected chi connectivity index (χ4v) is 2.43. The second-order valence-corrected chi connectivity index (χ2v) is 5.59. The molecule has 3 rings (SSSR count). The quantitative estimate of drug-likeness (QED) is 0.873. The van der Waals surface area contributed by atoms with Crippen LogP contribution >= 0.6 is 0 Å².